The Morgan fingerprint density at radius 3 is 2.62 bits per heavy atom. The highest BCUT2D eigenvalue weighted by molar-refractivity contribution is 7.89. The lowest BCUT2D eigenvalue weighted by atomic mass is 10.1. The monoisotopic (exact) mass is 475 g/mol. The number of likely N-dealkylation sites (N-methyl/N-ethyl adjacent to an activating group) is 1. The van der Waals surface area contributed by atoms with Crippen molar-refractivity contribution in [3.8, 4) is 0 Å². The van der Waals surface area contributed by atoms with Gasteiger partial charge in [-0.1, -0.05) is 29.8 Å². The minimum atomic E-state index is -3.77. The van der Waals surface area contributed by atoms with E-state index in [1.165, 1.54) is 11.0 Å². The van der Waals surface area contributed by atoms with Crippen LogP contribution in [0.25, 0.3) is 0 Å². The van der Waals surface area contributed by atoms with Crippen LogP contribution in [-0.2, 0) is 34.2 Å². The number of nitrogens with one attached hydrogen (secondary N) is 1. The SMILES string of the molecule is Cc1cccc(C(=O)N2CCc3ccc(CNS(=O)(=O)c4ccc5c(c4)CC(=O)N5C)cc32)c1. The Bertz CT molecular complexity index is 1430. The fourth-order valence-electron chi connectivity index (χ4n) is 4.56. The maximum atomic E-state index is 13.1. The molecule has 8 heteroatoms. The summed E-state index contributed by atoms with van der Waals surface area (Å²) in [6.45, 7) is 2.65. The zero-order valence-electron chi connectivity index (χ0n) is 19.0. The lowest BCUT2D eigenvalue weighted by Gasteiger charge is -2.18. The summed E-state index contributed by atoms with van der Waals surface area (Å²) in [7, 11) is -2.09. The molecule has 0 radical (unpaired) electrons. The smallest absolute Gasteiger partial charge is 0.258 e. The number of carbonyl (C=O) groups excluding carboxylic acids is 2. The fraction of sp³-hybridized carbons (Fsp3) is 0.231. The average molecular weight is 476 g/mol. The van der Waals surface area contributed by atoms with Gasteiger partial charge in [0.25, 0.3) is 5.91 Å². The molecule has 0 saturated heterocycles. The van der Waals surface area contributed by atoms with Crippen molar-refractivity contribution in [3.63, 3.8) is 0 Å². The second kappa shape index (κ2) is 8.38. The number of aryl methyl sites for hydroxylation is 1. The van der Waals surface area contributed by atoms with Crippen LogP contribution < -0.4 is 14.5 Å². The van der Waals surface area contributed by atoms with Gasteiger partial charge in [-0.2, -0.15) is 0 Å². The van der Waals surface area contributed by atoms with Crippen molar-refractivity contribution in [2.24, 2.45) is 0 Å². The van der Waals surface area contributed by atoms with E-state index in [0.717, 1.165) is 34.5 Å². The molecule has 7 nitrogen and oxygen atoms in total. The fourth-order valence-corrected chi connectivity index (χ4v) is 5.62. The summed E-state index contributed by atoms with van der Waals surface area (Å²) in [4.78, 5) is 28.4. The van der Waals surface area contributed by atoms with Crippen LogP contribution in [0.1, 0.15) is 32.6 Å². The Labute approximate surface area is 199 Å². The van der Waals surface area contributed by atoms with Gasteiger partial charge in [-0.3, -0.25) is 9.59 Å². The molecule has 2 amide bonds. The molecule has 0 aromatic heterocycles. The third-order valence-corrected chi connectivity index (χ3v) is 7.86. The zero-order valence-corrected chi connectivity index (χ0v) is 19.9. The quantitative estimate of drug-likeness (QED) is 0.614. The molecule has 174 valence electrons. The van der Waals surface area contributed by atoms with Crippen molar-refractivity contribution < 1.29 is 18.0 Å². The number of rotatable bonds is 5. The van der Waals surface area contributed by atoms with Crippen LogP contribution in [0, 0.1) is 6.92 Å². The van der Waals surface area contributed by atoms with Gasteiger partial charge in [-0.15, -0.1) is 0 Å². The normalized spacial score (nSPS) is 14.9. The van der Waals surface area contributed by atoms with Crippen molar-refractivity contribution in [2.75, 3.05) is 23.4 Å². The van der Waals surface area contributed by atoms with Crippen LogP contribution in [0.4, 0.5) is 11.4 Å². The standard InChI is InChI=1S/C26H25N3O4S/c1-17-4-3-5-20(12-17)26(31)29-11-10-19-7-6-18(13-24(19)29)16-27-34(32,33)22-8-9-23-21(14-22)15-25(30)28(23)2/h3-9,12-14,27H,10-11,15-16H2,1-2H3. The minimum Gasteiger partial charge on any atom is -0.315 e. The van der Waals surface area contributed by atoms with Gasteiger partial charge in [-0.25, -0.2) is 13.1 Å². The number of fused-ring (bicyclic) bond motifs is 2. The van der Waals surface area contributed by atoms with E-state index in [4.69, 9.17) is 0 Å². The molecule has 0 atom stereocenters. The van der Waals surface area contributed by atoms with Crippen LogP contribution in [0.3, 0.4) is 0 Å². The molecule has 0 unspecified atom stereocenters. The van der Waals surface area contributed by atoms with E-state index in [1.54, 1.807) is 24.1 Å². The maximum Gasteiger partial charge on any atom is 0.258 e. The summed E-state index contributed by atoms with van der Waals surface area (Å²) in [5.41, 5.74) is 5.76. The second-order valence-electron chi connectivity index (χ2n) is 8.78. The topological polar surface area (TPSA) is 86.8 Å². The molecule has 0 saturated carbocycles. The number of hydrogen-bond donors (Lipinski definition) is 1. The first-order valence-electron chi connectivity index (χ1n) is 11.1. The van der Waals surface area contributed by atoms with E-state index < -0.39 is 10.0 Å². The van der Waals surface area contributed by atoms with E-state index in [0.29, 0.717) is 17.7 Å². The summed E-state index contributed by atoms with van der Waals surface area (Å²) in [5, 5.41) is 0. The maximum absolute atomic E-state index is 13.1. The molecule has 0 aliphatic carbocycles. The first-order chi connectivity index (χ1) is 16.2. The molecule has 34 heavy (non-hydrogen) atoms. The largest absolute Gasteiger partial charge is 0.315 e. The zero-order chi connectivity index (χ0) is 24.0. The van der Waals surface area contributed by atoms with E-state index >= 15 is 0 Å². The molecule has 5 rings (SSSR count). The van der Waals surface area contributed by atoms with Crippen LogP contribution in [0.5, 0.6) is 0 Å². The number of carbonyl (C=O) groups is 2. The molecular formula is C26H25N3O4S. The number of nitrogens with zero attached hydrogens (tertiary/aromatic N) is 2. The molecule has 3 aromatic carbocycles. The number of hydrogen-bond acceptors (Lipinski definition) is 4. The number of anilines is 2. The van der Waals surface area contributed by atoms with Crippen molar-refractivity contribution in [1.82, 2.24) is 4.72 Å². The van der Waals surface area contributed by atoms with Gasteiger partial charge in [-0.05, 0) is 66.4 Å². The van der Waals surface area contributed by atoms with Crippen LogP contribution in [-0.4, -0.2) is 33.8 Å². The van der Waals surface area contributed by atoms with Crippen molar-refractivity contribution in [2.45, 2.75) is 31.2 Å². The molecule has 0 bridgehead atoms. The van der Waals surface area contributed by atoms with Gasteiger partial charge in [0, 0.05) is 37.1 Å². The third-order valence-electron chi connectivity index (χ3n) is 6.46. The molecule has 0 fully saturated rings. The molecule has 0 spiro atoms. The summed E-state index contributed by atoms with van der Waals surface area (Å²) < 4.78 is 28.5. The average Bonchev–Trinajstić information content (AvgIpc) is 3.37. The van der Waals surface area contributed by atoms with Gasteiger partial charge in [0.2, 0.25) is 15.9 Å². The number of benzene rings is 3. The number of sulfonamides is 1. The second-order valence-corrected chi connectivity index (χ2v) is 10.6. The number of amides is 2. The molecule has 2 aliphatic heterocycles. The first-order valence-corrected chi connectivity index (χ1v) is 12.6. The molecular weight excluding hydrogens is 450 g/mol. The van der Waals surface area contributed by atoms with E-state index in [9.17, 15) is 18.0 Å². The lowest BCUT2D eigenvalue weighted by molar-refractivity contribution is -0.117. The Morgan fingerprint density at radius 1 is 1.00 bits per heavy atom. The predicted molar refractivity (Wildman–Crippen MR) is 131 cm³/mol. The summed E-state index contributed by atoms with van der Waals surface area (Å²) in [6.07, 6.45) is 0.964. The Hall–Kier alpha value is -3.49. The van der Waals surface area contributed by atoms with Gasteiger partial charge in [0.15, 0.2) is 0 Å². The van der Waals surface area contributed by atoms with Crippen molar-refractivity contribution >= 4 is 33.2 Å². The summed E-state index contributed by atoms with van der Waals surface area (Å²) >= 11 is 0. The van der Waals surface area contributed by atoms with Gasteiger partial charge >= 0.3 is 0 Å². The third kappa shape index (κ3) is 3.99. The minimum absolute atomic E-state index is 0.0552. The highest BCUT2D eigenvalue weighted by atomic mass is 32.2. The van der Waals surface area contributed by atoms with Gasteiger partial charge < -0.3 is 9.80 Å². The molecule has 2 aliphatic rings. The van der Waals surface area contributed by atoms with Crippen LogP contribution >= 0.6 is 0 Å². The predicted octanol–water partition coefficient (Wildman–Crippen LogP) is 3.20. The van der Waals surface area contributed by atoms with Crippen molar-refractivity contribution in [3.05, 3.63) is 88.5 Å². The molecule has 2 heterocycles. The summed E-state index contributed by atoms with van der Waals surface area (Å²) in [6, 6.07) is 18.0. The highest BCUT2D eigenvalue weighted by Crippen LogP contribution is 2.32. The molecule has 3 aromatic rings. The first kappa shape index (κ1) is 22.3. The summed E-state index contributed by atoms with van der Waals surface area (Å²) in [5.74, 6) is -0.113. The van der Waals surface area contributed by atoms with Crippen molar-refractivity contribution in [1.29, 1.82) is 0 Å². The Kier molecular flexibility index (Phi) is 5.50. The van der Waals surface area contributed by atoms with Gasteiger partial charge in [0.1, 0.15) is 0 Å². The Balaban J connectivity index is 1.34. The Morgan fingerprint density at radius 2 is 1.82 bits per heavy atom. The van der Waals surface area contributed by atoms with E-state index in [1.807, 2.05) is 49.4 Å². The van der Waals surface area contributed by atoms with Crippen LogP contribution in [0.2, 0.25) is 0 Å². The lowest BCUT2D eigenvalue weighted by Crippen LogP contribution is -2.29. The van der Waals surface area contributed by atoms with Gasteiger partial charge in [0.05, 0.1) is 11.3 Å². The van der Waals surface area contributed by atoms with Crippen LogP contribution in [0.15, 0.2) is 65.6 Å². The van der Waals surface area contributed by atoms with E-state index in [-0.39, 0.29) is 29.7 Å². The highest BCUT2D eigenvalue weighted by Gasteiger charge is 2.28. The molecule has 1 N–H and O–H groups in total. The van der Waals surface area contributed by atoms with E-state index in [2.05, 4.69) is 4.72 Å².